The molecule has 3 aromatic rings. The van der Waals surface area contributed by atoms with Crippen molar-refractivity contribution in [2.75, 3.05) is 20.3 Å². The minimum absolute atomic E-state index is 0.0337. The molecular weight excluding hydrogens is 408 g/mol. The number of phenolic OH excluding ortho intramolecular Hbond substituents is 1. The SMILES string of the molecule is COc1ccc(CN2CCc3c(c(C(=O)NCc4ccccc4)nn3CCO)C2)cc1O. The second-order valence-electron chi connectivity index (χ2n) is 7.86. The van der Waals surface area contributed by atoms with Crippen molar-refractivity contribution in [3.05, 3.63) is 76.6 Å². The minimum atomic E-state index is -0.217. The molecule has 1 amide bonds. The summed E-state index contributed by atoms with van der Waals surface area (Å²) in [5.41, 5.74) is 4.28. The van der Waals surface area contributed by atoms with Crippen LogP contribution in [0.4, 0.5) is 0 Å². The van der Waals surface area contributed by atoms with Crippen LogP contribution in [0.2, 0.25) is 0 Å². The number of benzene rings is 2. The Hall–Kier alpha value is -3.36. The molecule has 0 aliphatic carbocycles. The van der Waals surface area contributed by atoms with Crippen LogP contribution in [0, 0.1) is 0 Å². The molecule has 32 heavy (non-hydrogen) atoms. The fraction of sp³-hybridized carbons (Fsp3) is 0.333. The number of nitrogens with zero attached hydrogens (tertiary/aromatic N) is 3. The Balaban J connectivity index is 1.51. The van der Waals surface area contributed by atoms with Gasteiger partial charge in [0.2, 0.25) is 0 Å². The summed E-state index contributed by atoms with van der Waals surface area (Å²) in [4.78, 5) is 15.2. The number of nitrogens with one attached hydrogen (secondary N) is 1. The molecule has 2 aromatic carbocycles. The van der Waals surface area contributed by atoms with E-state index in [1.54, 1.807) is 16.8 Å². The molecule has 0 radical (unpaired) electrons. The van der Waals surface area contributed by atoms with E-state index in [2.05, 4.69) is 15.3 Å². The first-order chi connectivity index (χ1) is 15.6. The van der Waals surface area contributed by atoms with E-state index in [-0.39, 0.29) is 18.3 Å². The quantitative estimate of drug-likeness (QED) is 0.500. The standard InChI is InChI=1S/C24H28N4O4/c1-32-22-8-7-18(13-21(22)30)15-27-10-9-20-19(16-27)23(26-28(20)11-12-29)24(31)25-14-17-5-3-2-4-6-17/h2-8,13,29-30H,9-12,14-16H2,1H3,(H,25,31). The summed E-state index contributed by atoms with van der Waals surface area (Å²) in [5.74, 6) is 0.336. The van der Waals surface area contributed by atoms with Gasteiger partial charge in [-0.25, -0.2) is 0 Å². The first-order valence-corrected chi connectivity index (χ1v) is 10.7. The van der Waals surface area contributed by atoms with Gasteiger partial charge in [0.15, 0.2) is 17.2 Å². The number of hydrogen-bond donors (Lipinski definition) is 3. The van der Waals surface area contributed by atoms with Crippen molar-refractivity contribution in [2.45, 2.75) is 32.6 Å². The average molecular weight is 437 g/mol. The van der Waals surface area contributed by atoms with Crippen molar-refractivity contribution in [3.8, 4) is 11.5 Å². The zero-order valence-electron chi connectivity index (χ0n) is 18.1. The Morgan fingerprint density at radius 3 is 2.72 bits per heavy atom. The fourth-order valence-corrected chi connectivity index (χ4v) is 4.10. The van der Waals surface area contributed by atoms with E-state index in [0.717, 1.165) is 35.3 Å². The number of carbonyl (C=O) groups excluding carboxylic acids is 1. The lowest BCUT2D eigenvalue weighted by Crippen LogP contribution is -2.32. The first-order valence-electron chi connectivity index (χ1n) is 10.7. The first kappa shape index (κ1) is 21.9. The van der Waals surface area contributed by atoms with Crippen LogP contribution in [0.5, 0.6) is 11.5 Å². The van der Waals surface area contributed by atoms with Crippen molar-refractivity contribution in [2.24, 2.45) is 0 Å². The van der Waals surface area contributed by atoms with Gasteiger partial charge in [0.25, 0.3) is 5.91 Å². The van der Waals surface area contributed by atoms with Crippen molar-refractivity contribution < 1.29 is 19.7 Å². The minimum Gasteiger partial charge on any atom is -0.504 e. The lowest BCUT2D eigenvalue weighted by Gasteiger charge is -2.28. The van der Waals surface area contributed by atoms with Crippen LogP contribution in [0.1, 0.15) is 32.9 Å². The number of aliphatic hydroxyl groups is 1. The third-order valence-electron chi connectivity index (χ3n) is 5.69. The summed E-state index contributed by atoms with van der Waals surface area (Å²) >= 11 is 0. The molecule has 0 saturated heterocycles. The highest BCUT2D eigenvalue weighted by Gasteiger charge is 2.28. The Morgan fingerprint density at radius 1 is 1.19 bits per heavy atom. The summed E-state index contributed by atoms with van der Waals surface area (Å²) in [6.45, 7) is 2.75. The van der Waals surface area contributed by atoms with E-state index >= 15 is 0 Å². The van der Waals surface area contributed by atoms with Gasteiger partial charge in [-0.3, -0.25) is 14.4 Å². The van der Waals surface area contributed by atoms with Crippen molar-refractivity contribution >= 4 is 5.91 Å². The summed E-state index contributed by atoms with van der Waals surface area (Å²) in [7, 11) is 1.52. The van der Waals surface area contributed by atoms with Crippen LogP contribution in [0.25, 0.3) is 0 Å². The van der Waals surface area contributed by atoms with Crippen molar-refractivity contribution in [3.63, 3.8) is 0 Å². The molecule has 0 bridgehead atoms. The number of phenols is 1. The summed E-state index contributed by atoms with van der Waals surface area (Å²) in [6.07, 6.45) is 0.733. The predicted molar refractivity (Wildman–Crippen MR) is 119 cm³/mol. The van der Waals surface area contributed by atoms with Crippen molar-refractivity contribution in [1.29, 1.82) is 0 Å². The van der Waals surface area contributed by atoms with Crippen LogP contribution in [0.15, 0.2) is 48.5 Å². The second kappa shape index (κ2) is 9.84. The Morgan fingerprint density at radius 2 is 2.00 bits per heavy atom. The molecule has 4 rings (SSSR count). The topological polar surface area (TPSA) is 99.9 Å². The lowest BCUT2D eigenvalue weighted by atomic mass is 10.0. The molecule has 3 N–H and O–H groups in total. The Labute approximate surface area is 187 Å². The number of rotatable bonds is 8. The maximum atomic E-state index is 13.0. The van der Waals surface area contributed by atoms with E-state index in [0.29, 0.717) is 37.6 Å². The molecule has 168 valence electrons. The number of aromatic nitrogens is 2. The number of carbonyl (C=O) groups is 1. The van der Waals surface area contributed by atoms with Crippen LogP contribution in [0.3, 0.4) is 0 Å². The summed E-state index contributed by atoms with van der Waals surface area (Å²) in [6, 6.07) is 15.1. The highest BCUT2D eigenvalue weighted by atomic mass is 16.5. The third-order valence-corrected chi connectivity index (χ3v) is 5.69. The number of amides is 1. The van der Waals surface area contributed by atoms with E-state index in [1.165, 1.54) is 7.11 Å². The molecule has 8 nitrogen and oxygen atoms in total. The molecule has 1 aliphatic rings. The zero-order chi connectivity index (χ0) is 22.5. The number of hydrogen-bond acceptors (Lipinski definition) is 6. The number of fused-ring (bicyclic) bond motifs is 1. The third kappa shape index (κ3) is 4.76. The number of aromatic hydroxyl groups is 1. The number of ether oxygens (including phenoxy) is 1. The monoisotopic (exact) mass is 436 g/mol. The van der Waals surface area contributed by atoms with Gasteiger partial charge in [-0.15, -0.1) is 0 Å². The molecule has 1 aromatic heterocycles. The van der Waals surface area contributed by atoms with Gasteiger partial charge in [-0.1, -0.05) is 36.4 Å². The highest BCUT2D eigenvalue weighted by Crippen LogP contribution is 2.29. The van der Waals surface area contributed by atoms with Gasteiger partial charge in [0.05, 0.1) is 20.3 Å². The van der Waals surface area contributed by atoms with E-state index < -0.39 is 0 Å². The molecule has 1 aliphatic heterocycles. The predicted octanol–water partition coefficient (Wildman–Crippen LogP) is 2.08. The summed E-state index contributed by atoms with van der Waals surface area (Å²) in [5, 5.41) is 27.0. The molecular formula is C24H28N4O4. The fourth-order valence-electron chi connectivity index (χ4n) is 4.10. The lowest BCUT2D eigenvalue weighted by molar-refractivity contribution is 0.0942. The molecule has 0 unspecified atom stereocenters. The summed E-state index contributed by atoms with van der Waals surface area (Å²) < 4.78 is 6.87. The van der Waals surface area contributed by atoms with Crippen molar-refractivity contribution in [1.82, 2.24) is 20.0 Å². The molecule has 0 spiro atoms. The smallest absolute Gasteiger partial charge is 0.272 e. The van der Waals surface area contributed by atoms with E-state index in [1.807, 2.05) is 36.4 Å². The van der Waals surface area contributed by atoms with E-state index in [9.17, 15) is 15.0 Å². The van der Waals surface area contributed by atoms with Crippen LogP contribution >= 0.6 is 0 Å². The van der Waals surface area contributed by atoms with Gasteiger partial charge in [-0.2, -0.15) is 5.10 Å². The average Bonchev–Trinajstić information content (AvgIpc) is 3.16. The largest absolute Gasteiger partial charge is 0.504 e. The molecule has 0 fully saturated rings. The normalized spacial score (nSPS) is 13.6. The van der Waals surface area contributed by atoms with E-state index in [4.69, 9.17) is 4.74 Å². The molecule has 0 atom stereocenters. The second-order valence-corrected chi connectivity index (χ2v) is 7.86. The molecule has 2 heterocycles. The maximum absolute atomic E-state index is 13.0. The van der Waals surface area contributed by atoms with Crippen LogP contribution < -0.4 is 10.1 Å². The highest BCUT2D eigenvalue weighted by molar-refractivity contribution is 5.94. The van der Waals surface area contributed by atoms with Crippen LogP contribution in [-0.2, 0) is 32.6 Å². The van der Waals surface area contributed by atoms with Crippen LogP contribution in [-0.4, -0.2) is 51.1 Å². The van der Waals surface area contributed by atoms with Gasteiger partial charge in [0, 0.05) is 43.9 Å². The number of methoxy groups -OCH3 is 1. The van der Waals surface area contributed by atoms with Gasteiger partial charge >= 0.3 is 0 Å². The van der Waals surface area contributed by atoms with Gasteiger partial charge in [-0.05, 0) is 23.3 Å². The number of aliphatic hydroxyl groups excluding tert-OH is 1. The molecule has 0 saturated carbocycles. The molecule has 8 heteroatoms. The zero-order valence-corrected chi connectivity index (χ0v) is 18.1. The Kier molecular flexibility index (Phi) is 6.72. The maximum Gasteiger partial charge on any atom is 0.272 e. The Bertz CT molecular complexity index is 1080. The van der Waals surface area contributed by atoms with Gasteiger partial charge < -0.3 is 20.3 Å². The van der Waals surface area contributed by atoms with Gasteiger partial charge in [0.1, 0.15) is 0 Å².